The van der Waals surface area contributed by atoms with Crippen molar-refractivity contribution in [1.29, 1.82) is 0 Å². The smallest absolute Gasteiger partial charge is 0.0547 e. The van der Waals surface area contributed by atoms with E-state index in [2.05, 4.69) is 10.2 Å². The van der Waals surface area contributed by atoms with Crippen molar-refractivity contribution in [3.8, 4) is 0 Å². The lowest BCUT2D eigenvalue weighted by Crippen LogP contribution is -2.47. The second-order valence-electron chi connectivity index (χ2n) is 7.22. The van der Waals surface area contributed by atoms with Gasteiger partial charge in [0.15, 0.2) is 0 Å². The fourth-order valence-corrected chi connectivity index (χ4v) is 4.27. The molecule has 0 aromatic rings. The normalized spacial score (nSPS) is 44.0. The Morgan fingerprint density at radius 1 is 1.22 bits per heavy atom. The van der Waals surface area contributed by atoms with Crippen molar-refractivity contribution in [2.24, 2.45) is 11.3 Å². The van der Waals surface area contributed by atoms with Gasteiger partial charge < -0.3 is 10.1 Å². The molecule has 0 radical (unpaired) electrons. The van der Waals surface area contributed by atoms with Crippen LogP contribution in [0.2, 0.25) is 0 Å². The van der Waals surface area contributed by atoms with Gasteiger partial charge in [-0.15, -0.1) is 0 Å². The van der Waals surface area contributed by atoms with Gasteiger partial charge in [0, 0.05) is 43.7 Å². The molecular weight excluding hydrogens is 224 g/mol. The van der Waals surface area contributed by atoms with Gasteiger partial charge in [-0.25, -0.2) is 0 Å². The number of fused-ring (bicyclic) bond motifs is 2. The van der Waals surface area contributed by atoms with Crippen molar-refractivity contribution in [3.05, 3.63) is 0 Å². The van der Waals surface area contributed by atoms with Crippen LogP contribution in [0.25, 0.3) is 0 Å². The molecule has 102 valence electrons. The summed E-state index contributed by atoms with van der Waals surface area (Å²) in [4.78, 5) is 2.79. The first-order valence-electron chi connectivity index (χ1n) is 7.88. The number of likely N-dealkylation sites (tertiary alicyclic amines) is 1. The Labute approximate surface area is 110 Å². The number of hydrogen-bond donors (Lipinski definition) is 1. The number of nitrogens with one attached hydrogen (secondary N) is 1. The minimum absolute atomic E-state index is 0.424. The summed E-state index contributed by atoms with van der Waals surface area (Å²) in [5.41, 5.74) is 0.424. The van der Waals surface area contributed by atoms with E-state index in [1.807, 2.05) is 0 Å². The molecular formula is C15H26N2O. The third-order valence-electron chi connectivity index (χ3n) is 5.59. The molecule has 4 rings (SSSR count). The lowest BCUT2D eigenvalue weighted by Gasteiger charge is -2.36. The van der Waals surface area contributed by atoms with Crippen LogP contribution in [-0.2, 0) is 4.74 Å². The van der Waals surface area contributed by atoms with Gasteiger partial charge in [0.05, 0.1) is 6.61 Å². The molecule has 2 heterocycles. The van der Waals surface area contributed by atoms with Crippen LogP contribution in [0.3, 0.4) is 0 Å². The molecule has 2 aliphatic heterocycles. The molecule has 3 unspecified atom stereocenters. The average Bonchev–Trinajstić information content (AvgIpc) is 2.78. The van der Waals surface area contributed by atoms with Gasteiger partial charge in [0.1, 0.15) is 0 Å². The summed E-state index contributed by atoms with van der Waals surface area (Å²) in [6.45, 7) is 5.81. The average molecular weight is 250 g/mol. The number of rotatable bonds is 5. The molecule has 2 saturated heterocycles. The lowest BCUT2D eigenvalue weighted by atomic mass is 9.86. The van der Waals surface area contributed by atoms with Crippen molar-refractivity contribution in [1.82, 2.24) is 10.2 Å². The van der Waals surface area contributed by atoms with Crippen LogP contribution < -0.4 is 5.32 Å². The fourth-order valence-electron chi connectivity index (χ4n) is 4.27. The monoisotopic (exact) mass is 250 g/mol. The van der Waals surface area contributed by atoms with Gasteiger partial charge in [0.25, 0.3) is 0 Å². The van der Waals surface area contributed by atoms with E-state index in [-0.39, 0.29) is 0 Å². The first-order valence-corrected chi connectivity index (χ1v) is 7.88. The predicted molar refractivity (Wildman–Crippen MR) is 71.6 cm³/mol. The van der Waals surface area contributed by atoms with Crippen LogP contribution >= 0.6 is 0 Å². The van der Waals surface area contributed by atoms with Gasteiger partial charge in [-0.3, -0.25) is 4.90 Å². The standard InChI is InChI=1S/C15H26N2O/c1-4-14-7-12(1)8-17(14)10-15(5-6-18-11-15)9-16-13-2-3-13/h12-14,16H,1-11H2. The summed E-state index contributed by atoms with van der Waals surface area (Å²) in [5.74, 6) is 1.02. The maximum Gasteiger partial charge on any atom is 0.0547 e. The van der Waals surface area contributed by atoms with E-state index in [1.54, 1.807) is 0 Å². The number of ether oxygens (including phenoxy) is 1. The molecule has 2 saturated carbocycles. The summed E-state index contributed by atoms with van der Waals surface area (Å²) in [6.07, 6.45) is 8.48. The van der Waals surface area contributed by atoms with Gasteiger partial charge in [-0.2, -0.15) is 0 Å². The SMILES string of the molecule is C1CC(CNC2CC2)(CN2CC3CCC2C3)CO1. The Kier molecular flexibility index (Phi) is 2.90. The van der Waals surface area contributed by atoms with Gasteiger partial charge in [0.2, 0.25) is 0 Å². The first-order chi connectivity index (χ1) is 8.83. The number of nitrogens with zero attached hydrogens (tertiary/aromatic N) is 1. The molecule has 4 fully saturated rings. The van der Waals surface area contributed by atoms with Gasteiger partial charge in [-0.1, -0.05) is 0 Å². The van der Waals surface area contributed by atoms with Crippen LogP contribution in [0.5, 0.6) is 0 Å². The van der Waals surface area contributed by atoms with Crippen LogP contribution in [0.4, 0.5) is 0 Å². The molecule has 2 aliphatic carbocycles. The van der Waals surface area contributed by atoms with E-state index < -0.39 is 0 Å². The van der Waals surface area contributed by atoms with Crippen molar-refractivity contribution >= 4 is 0 Å². The molecule has 4 aliphatic rings. The van der Waals surface area contributed by atoms with Gasteiger partial charge in [-0.05, 0) is 44.4 Å². The highest BCUT2D eigenvalue weighted by Crippen LogP contribution is 2.40. The molecule has 3 atom stereocenters. The zero-order valence-electron chi connectivity index (χ0n) is 11.4. The Balaban J connectivity index is 1.39. The third kappa shape index (κ3) is 2.21. The van der Waals surface area contributed by atoms with Gasteiger partial charge >= 0.3 is 0 Å². The third-order valence-corrected chi connectivity index (χ3v) is 5.59. The van der Waals surface area contributed by atoms with Crippen LogP contribution in [0.1, 0.15) is 38.5 Å². The number of hydrogen-bond acceptors (Lipinski definition) is 3. The van der Waals surface area contributed by atoms with E-state index in [0.717, 1.165) is 31.2 Å². The number of piperidine rings is 1. The van der Waals surface area contributed by atoms with Crippen molar-refractivity contribution in [2.75, 3.05) is 32.8 Å². The maximum absolute atomic E-state index is 5.74. The highest BCUT2D eigenvalue weighted by Gasteiger charge is 2.44. The van der Waals surface area contributed by atoms with Crippen molar-refractivity contribution in [2.45, 2.75) is 50.6 Å². The summed E-state index contributed by atoms with van der Waals surface area (Å²) in [7, 11) is 0. The van der Waals surface area contributed by atoms with Crippen LogP contribution in [0.15, 0.2) is 0 Å². The van der Waals surface area contributed by atoms with Crippen LogP contribution in [0, 0.1) is 11.3 Å². The Morgan fingerprint density at radius 3 is 2.78 bits per heavy atom. The van der Waals surface area contributed by atoms with E-state index in [0.29, 0.717) is 5.41 Å². The highest BCUT2D eigenvalue weighted by atomic mass is 16.5. The zero-order chi connectivity index (χ0) is 12.0. The molecule has 2 bridgehead atoms. The molecule has 0 spiro atoms. The van der Waals surface area contributed by atoms with E-state index >= 15 is 0 Å². The van der Waals surface area contributed by atoms with Crippen LogP contribution in [-0.4, -0.2) is 49.8 Å². The second-order valence-corrected chi connectivity index (χ2v) is 7.22. The quantitative estimate of drug-likeness (QED) is 0.802. The largest absolute Gasteiger partial charge is 0.381 e. The Hall–Kier alpha value is -0.120. The molecule has 1 N–H and O–H groups in total. The Bertz CT molecular complexity index is 310. The molecule has 18 heavy (non-hydrogen) atoms. The first kappa shape index (κ1) is 11.7. The molecule has 0 aromatic heterocycles. The summed E-state index contributed by atoms with van der Waals surface area (Å²) >= 11 is 0. The second kappa shape index (κ2) is 4.46. The predicted octanol–water partition coefficient (Wildman–Crippen LogP) is 1.63. The molecule has 3 nitrogen and oxygen atoms in total. The van der Waals surface area contributed by atoms with Crippen molar-refractivity contribution < 1.29 is 4.74 Å². The molecule has 3 heteroatoms. The Morgan fingerprint density at radius 2 is 2.17 bits per heavy atom. The van der Waals surface area contributed by atoms with E-state index in [1.165, 1.54) is 58.2 Å². The van der Waals surface area contributed by atoms with E-state index in [4.69, 9.17) is 4.74 Å². The lowest BCUT2D eigenvalue weighted by molar-refractivity contribution is 0.0917. The van der Waals surface area contributed by atoms with E-state index in [9.17, 15) is 0 Å². The topological polar surface area (TPSA) is 24.5 Å². The molecule has 0 aromatic carbocycles. The van der Waals surface area contributed by atoms with Crippen molar-refractivity contribution in [3.63, 3.8) is 0 Å². The highest BCUT2D eigenvalue weighted by molar-refractivity contribution is 4.98. The maximum atomic E-state index is 5.74. The zero-order valence-corrected chi connectivity index (χ0v) is 11.4. The molecule has 0 amide bonds. The minimum Gasteiger partial charge on any atom is -0.381 e. The summed E-state index contributed by atoms with van der Waals surface area (Å²) in [6, 6.07) is 1.74. The fraction of sp³-hybridized carbons (Fsp3) is 1.00. The summed E-state index contributed by atoms with van der Waals surface area (Å²) < 4.78 is 5.74. The minimum atomic E-state index is 0.424. The summed E-state index contributed by atoms with van der Waals surface area (Å²) in [5, 5.41) is 3.75.